The van der Waals surface area contributed by atoms with Crippen molar-refractivity contribution in [3.63, 3.8) is 0 Å². The van der Waals surface area contributed by atoms with Gasteiger partial charge in [0.1, 0.15) is 30.8 Å². The van der Waals surface area contributed by atoms with Crippen LogP contribution in [-0.2, 0) is 54.8 Å². The van der Waals surface area contributed by atoms with Gasteiger partial charge in [0.15, 0.2) is 0 Å². The van der Waals surface area contributed by atoms with E-state index >= 15 is 14.0 Å². The molecule has 2 aromatic carbocycles. The van der Waals surface area contributed by atoms with E-state index in [1.54, 1.807) is 11.0 Å². The number of alkyl halides is 1. The van der Waals surface area contributed by atoms with Crippen molar-refractivity contribution in [3.05, 3.63) is 77.1 Å². The summed E-state index contributed by atoms with van der Waals surface area (Å²) in [6.07, 6.45) is 10.3. The van der Waals surface area contributed by atoms with E-state index in [1.807, 2.05) is 29.3 Å². The van der Waals surface area contributed by atoms with Crippen LogP contribution in [-0.4, -0.2) is 117 Å². The third-order valence-electron chi connectivity index (χ3n) is 17.4. The topological polar surface area (TPSA) is 168 Å². The molecule has 4 amide bonds. The van der Waals surface area contributed by atoms with Crippen molar-refractivity contribution in [2.75, 3.05) is 32.8 Å². The van der Waals surface area contributed by atoms with Crippen molar-refractivity contribution in [2.24, 2.45) is 22.7 Å². The fourth-order valence-electron chi connectivity index (χ4n) is 13.4. The number of halogens is 1. The standard InChI is InChI=1S/C58H73FN8O6/c1-6-65-46-18-17-39-29-42(46)43(51(65)41-13-9-21-60-47(41)34(2)3)30-57(4,5)33-73-55(71)44-14-10-22-67(63-44)53(69)45(28-35-25-36(31-59)27-40(39)26-35)61-52(68)50(38-11-7-8-12-38)66-24-20-58(56(66)72)19-23-64(32-58)54(70)49-48(62-49)37-15-16-37/h9,13,17-18,21,25-27,29,34,37-38,44-45,48-50,62-63H,6-8,10-12,14-16,19-20,22-24,28,30-33H2,1-5H3,(H,61,68)/t44-,45-,48+,49+,50-,58-/m0/s1. The van der Waals surface area contributed by atoms with E-state index in [-0.39, 0.29) is 48.8 Å². The molecule has 0 unspecified atom stereocenters. The monoisotopic (exact) mass is 997 g/mol. The second-order valence-electron chi connectivity index (χ2n) is 23.6. The van der Waals surface area contributed by atoms with E-state index in [1.165, 1.54) is 5.01 Å². The number of nitrogens with zero attached hydrogens (tertiary/aromatic N) is 5. The number of esters is 1. The molecule has 7 aliphatic rings. The zero-order chi connectivity index (χ0) is 50.9. The van der Waals surface area contributed by atoms with Gasteiger partial charge in [0, 0.05) is 73.3 Å². The number of hydrazine groups is 1. The number of rotatable bonds is 10. The zero-order valence-corrected chi connectivity index (χ0v) is 43.3. The number of aryl methyl sites for hydroxylation is 1. The summed E-state index contributed by atoms with van der Waals surface area (Å²) in [7, 11) is 0. The Bertz CT molecular complexity index is 2830. The quantitative estimate of drug-likeness (QED) is 0.108. The Morgan fingerprint density at radius 2 is 1.74 bits per heavy atom. The molecular weight excluding hydrogens is 924 g/mol. The van der Waals surface area contributed by atoms with Gasteiger partial charge in [-0.25, -0.2) is 9.82 Å². The molecule has 73 heavy (non-hydrogen) atoms. The molecule has 5 aliphatic heterocycles. The number of pyridine rings is 1. The van der Waals surface area contributed by atoms with Gasteiger partial charge in [-0.1, -0.05) is 58.7 Å². The van der Waals surface area contributed by atoms with Gasteiger partial charge < -0.3 is 24.4 Å². The number of fused-ring (bicyclic) bond motifs is 6. The molecule has 15 heteroatoms. The van der Waals surface area contributed by atoms with E-state index in [0.29, 0.717) is 81.9 Å². The molecule has 2 saturated carbocycles. The molecule has 2 aromatic heterocycles. The second-order valence-corrected chi connectivity index (χ2v) is 23.6. The predicted octanol–water partition coefficient (Wildman–Crippen LogP) is 7.39. The van der Waals surface area contributed by atoms with Gasteiger partial charge in [0.25, 0.3) is 5.91 Å². The SMILES string of the molecule is CCn1c(-c2cccnc2C(C)C)c2c3cc(ccc31)-c1cc(CF)cc(c1)C[C@H](NC(=O)[C@H](C1CCCC1)N1CC[C@]3(CCN(C(=O)[C@@H]4N[C@@H]4C4CC4)C3)C1=O)C(=O)N1CCC[C@H](N1)C(=O)OCC(C)(C)C2. The average molecular weight is 997 g/mol. The number of aromatic nitrogens is 2. The molecule has 4 saturated heterocycles. The lowest BCUT2D eigenvalue weighted by molar-refractivity contribution is -0.155. The van der Waals surface area contributed by atoms with E-state index in [9.17, 15) is 14.4 Å². The summed E-state index contributed by atoms with van der Waals surface area (Å²) in [5.74, 6) is -0.630. The summed E-state index contributed by atoms with van der Waals surface area (Å²) in [6.45, 7) is 12.3. The molecule has 6 fully saturated rings. The summed E-state index contributed by atoms with van der Waals surface area (Å²) in [5, 5.41) is 9.07. The van der Waals surface area contributed by atoms with E-state index in [4.69, 9.17) is 9.72 Å². The van der Waals surface area contributed by atoms with Crippen LogP contribution in [0.4, 0.5) is 4.39 Å². The van der Waals surface area contributed by atoms with Gasteiger partial charge >= 0.3 is 5.97 Å². The number of carbonyl (C=O) groups excluding carboxylic acids is 5. The molecule has 0 radical (unpaired) electrons. The van der Waals surface area contributed by atoms with E-state index < -0.39 is 53.4 Å². The summed E-state index contributed by atoms with van der Waals surface area (Å²) < 4.78 is 23.7. The molecule has 2 aliphatic carbocycles. The Morgan fingerprint density at radius 1 is 0.945 bits per heavy atom. The van der Waals surface area contributed by atoms with Gasteiger partial charge in [-0.2, -0.15) is 0 Å². The lowest BCUT2D eigenvalue weighted by Gasteiger charge is -2.37. The lowest BCUT2D eigenvalue weighted by Crippen LogP contribution is -2.62. The third kappa shape index (κ3) is 9.46. The Balaban J connectivity index is 0.950. The van der Waals surface area contributed by atoms with Crippen LogP contribution < -0.4 is 16.1 Å². The maximum Gasteiger partial charge on any atom is 0.324 e. The first-order valence-corrected chi connectivity index (χ1v) is 27.4. The molecule has 11 rings (SSSR count). The fourth-order valence-corrected chi connectivity index (χ4v) is 13.4. The fraction of sp³-hybridized carbons (Fsp3) is 0.586. The molecule has 388 valence electrons. The summed E-state index contributed by atoms with van der Waals surface area (Å²) >= 11 is 0. The number of benzene rings is 2. The van der Waals surface area contributed by atoms with Crippen LogP contribution in [0.3, 0.4) is 0 Å². The first-order valence-electron chi connectivity index (χ1n) is 27.4. The molecule has 3 N–H and O–H groups in total. The van der Waals surface area contributed by atoms with Crippen molar-refractivity contribution in [3.8, 4) is 22.4 Å². The lowest BCUT2D eigenvalue weighted by atomic mass is 9.83. The molecule has 4 aromatic rings. The second kappa shape index (κ2) is 19.6. The van der Waals surface area contributed by atoms with Crippen LogP contribution in [0.25, 0.3) is 33.3 Å². The molecule has 6 atom stereocenters. The summed E-state index contributed by atoms with van der Waals surface area (Å²) in [4.78, 5) is 81.4. The molecular formula is C58H73FN8O6. The molecule has 6 bridgehead atoms. The molecule has 1 spiro atoms. The third-order valence-corrected chi connectivity index (χ3v) is 17.4. The number of cyclic esters (lactones) is 1. The number of nitrogens with one attached hydrogen (secondary N) is 3. The van der Waals surface area contributed by atoms with Gasteiger partial charge in [0.2, 0.25) is 17.7 Å². The predicted molar refractivity (Wildman–Crippen MR) is 276 cm³/mol. The van der Waals surface area contributed by atoms with E-state index in [2.05, 4.69) is 79.5 Å². The van der Waals surface area contributed by atoms with Crippen LogP contribution in [0.5, 0.6) is 0 Å². The smallest absolute Gasteiger partial charge is 0.324 e. The van der Waals surface area contributed by atoms with Crippen molar-refractivity contribution in [2.45, 2.75) is 161 Å². The van der Waals surface area contributed by atoms with Gasteiger partial charge in [0.05, 0.1) is 23.4 Å². The highest BCUT2D eigenvalue weighted by atomic mass is 19.1. The Hall–Kier alpha value is -5.67. The largest absolute Gasteiger partial charge is 0.464 e. The highest BCUT2D eigenvalue weighted by Crippen LogP contribution is 2.46. The highest BCUT2D eigenvalue weighted by molar-refractivity contribution is 5.97. The Labute approximate surface area is 428 Å². The van der Waals surface area contributed by atoms with E-state index in [0.717, 1.165) is 83.1 Å². The number of hydrogen-bond donors (Lipinski definition) is 3. The van der Waals surface area contributed by atoms with Gasteiger partial charge in [-0.3, -0.25) is 39.3 Å². The zero-order valence-electron chi connectivity index (χ0n) is 43.3. The molecule has 14 nitrogen and oxygen atoms in total. The van der Waals surface area contributed by atoms with Crippen LogP contribution in [0.1, 0.15) is 127 Å². The number of carbonyl (C=O) groups is 5. The minimum atomic E-state index is -1.12. The van der Waals surface area contributed by atoms with Gasteiger partial charge in [-0.05, 0) is 141 Å². The number of likely N-dealkylation sites (tertiary alicyclic amines) is 2. The first-order chi connectivity index (χ1) is 35.2. The van der Waals surface area contributed by atoms with Gasteiger partial charge in [-0.15, -0.1) is 0 Å². The van der Waals surface area contributed by atoms with Crippen molar-refractivity contribution < 1.29 is 33.1 Å². The maximum absolute atomic E-state index is 15.2. The minimum absolute atomic E-state index is 0.0408. The van der Waals surface area contributed by atoms with Crippen molar-refractivity contribution >= 4 is 40.5 Å². The number of hydrogen-bond acceptors (Lipinski definition) is 9. The maximum atomic E-state index is 15.2. The summed E-state index contributed by atoms with van der Waals surface area (Å²) in [6, 6.07) is 13.5. The Morgan fingerprint density at radius 3 is 2.49 bits per heavy atom. The highest BCUT2D eigenvalue weighted by Gasteiger charge is 2.58. The minimum Gasteiger partial charge on any atom is -0.464 e. The number of ether oxygens (including phenoxy) is 1. The van der Waals surface area contributed by atoms with Crippen LogP contribution in [0, 0.1) is 22.7 Å². The van der Waals surface area contributed by atoms with Crippen LogP contribution in [0.15, 0.2) is 54.7 Å². The molecule has 7 heterocycles. The van der Waals surface area contributed by atoms with Crippen LogP contribution in [0.2, 0.25) is 0 Å². The first kappa shape index (κ1) is 49.5. The number of amides is 4. The Kier molecular flexibility index (Phi) is 13.3. The summed E-state index contributed by atoms with van der Waals surface area (Å²) in [5.41, 5.74) is 10.0. The van der Waals surface area contributed by atoms with Crippen molar-refractivity contribution in [1.82, 2.24) is 40.4 Å². The van der Waals surface area contributed by atoms with Crippen LogP contribution >= 0.6 is 0 Å². The normalized spacial score (nSPS) is 27.0. The average Bonchev–Trinajstić information content (AvgIpc) is 4.22. The van der Waals surface area contributed by atoms with Crippen molar-refractivity contribution in [1.29, 1.82) is 0 Å².